The molecule has 0 saturated heterocycles. The van der Waals surface area contributed by atoms with Crippen molar-refractivity contribution in [3.8, 4) is 0 Å². The van der Waals surface area contributed by atoms with Crippen molar-refractivity contribution in [2.75, 3.05) is 0 Å². The highest BCUT2D eigenvalue weighted by atomic mass is 79.9. The maximum atomic E-state index is 6.04. The number of hydrogen-bond acceptors (Lipinski definition) is 2. The maximum Gasteiger partial charge on any atom is 0.115 e. The molecule has 1 aliphatic carbocycles. The molecule has 3 heteroatoms. The number of halogens is 1. The molecule has 0 radical (unpaired) electrons. The quantitative estimate of drug-likeness (QED) is 0.904. The van der Waals surface area contributed by atoms with Gasteiger partial charge in [-0.1, -0.05) is 0 Å². The smallest absolute Gasteiger partial charge is 0.115 e. The van der Waals surface area contributed by atoms with Crippen molar-refractivity contribution in [2.24, 2.45) is 5.73 Å². The summed E-state index contributed by atoms with van der Waals surface area (Å²) in [4.78, 5) is 0. The Hall–Kier alpha value is -0.280. The molecule has 1 saturated carbocycles. The fourth-order valence-electron chi connectivity index (χ4n) is 1.70. The third kappa shape index (κ3) is 1.89. The van der Waals surface area contributed by atoms with Crippen molar-refractivity contribution in [1.29, 1.82) is 0 Å². The van der Waals surface area contributed by atoms with Crippen molar-refractivity contribution >= 4 is 15.9 Å². The summed E-state index contributed by atoms with van der Waals surface area (Å²) in [6.07, 6.45) is 4.36. The lowest BCUT2D eigenvalue weighted by atomic mass is 10.1. The maximum absolute atomic E-state index is 6.04. The van der Waals surface area contributed by atoms with E-state index in [-0.39, 0.29) is 5.54 Å². The highest BCUT2D eigenvalue weighted by Gasteiger charge is 2.37. The summed E-state index contributed by atoms with van der Waals surface area (Å²) in [6, 6.07) is 0. The van der Waals surface area contributed by atoms with Gasteiger partial charge in [0, 0.05) is 17.5 Å². The summed E-state index contributed by atoms with van der Waals surface area (Å²) in [5.74, 6) is 2.06. The Bertz CT molecular complexity index is 352. The van der Waals surface area contributed by atoms with Gasteiger partial charge >= 0.3 is 0 Å². The number of nitrogens with two attached hydrogens (primary N) is 1. The van der Waals surface area contributed by atoms with Gasteiger partial charge in [0.05, 0.1) is 4.47 Å². The number of furan rings is 1. The van der Waals surface area contributed by atoms with Crippen LogP contribution in [0.1, 0.15) is 36.3 Å². The van der Waals surface area contributed by atoms with Gasteiger partial charge in [0.2, 0.25) is 0 Å². The molecular formula is C11H16BrNO. The molecule has 14 heavy (non-hydrogen) atoms. The standard InChI is InChI=1S/C11H16BrNO/c1-7-9(14-8(2)10(7)12)3-4-11(13)5-6-11/h3-6,13H2,1-2H3. The van der Waals surface area contributed by atoms with E-state index in [1.807, 2.05) is 6.92 Å². The second-order valence-corrected chi connectivity index (χ2v) is 5.18. The first kappa shape index (κ1) is 10.2. The zero-order valence-electron chi connectivity index (χ0n) is 8.69. The third-order valence-electron chi connectivity index (χ3n) is 3.08. The molecule has 2 N–H and O–H groups in total. The first-order valence-electron chi connectivity index (χ1n) is 5.05. The van der Waals surface area contributed by atoms with Gasteiger partial charge in [0.15, 0.2) is 0 Å². The lowest BCUT2D eigenvalue weighted by Gasteiger charge is -2.06. The second kappa shape index (κ2) is 3.38. The monoisotopic (exact) mass is 257 g/mol. The molecule has 0 unspecified atom stereocenters. The van der Waals surface area contributed by atoms with Gasteiger partial charge < -0.3 is 10.2 Å². The molecule has 0 aliphatic heterocycles. The molecule has 1 fully saturated rings. The number of aryl methyl sites for hydroxylation is 2. The number of rotatable bonds is 3. The minimum Gasteiger partial charge on any atom is -0.465 e. The summed E-state index contributed by atoms with van der Waals surface area (Å²) in [6.45, 7) is 4.07. The van der Waals surface area contributed by atoms with Gasteiger partial charge in [-0.3, -0.25) is 0 Å². The molecule has 78 valence electrons. The van der Waals surface area contributed by atoms with E-state index in [4.69, 9.17) is 10.2 Å². The first-order valence-corrected chi connectivity index (χ1v) is 5.84. The Morgan fingerprint density at radius 3 is 2.50 bits per heavy atom. The van der Waals surface area contributed by atoms with E-state index in [9.17, 15) is 0 Å². The van der Waals surface area contributed by atoms with E-state index in [0.717, 1.165) is 28.8 Å². The molecule has 1 aromatic heterocycles. The molecule has 0 bridgehead atoms. The average molecular weight is 258 g/mol. The zero-order chi connectivity index (χ0) is 10.3. The fourth-order valence-corrected chi connectivity index (χ4v) is 2.01. The highest BCUT2D eigenvalue weighted by molar-refractivity contribution is 9.10. The van der Waals surface area contributed by atoms with E-state index in [0.29, 0.717) is 0 Å². The topological polar surface area (TPSA) is 39.2 Å². The molecule has 1 aliphatic rings. The van der Waals surface area contributed by atoms with E-state index in [2.05, 4.69) is 22.9 Å². The summed E-state index contributed by atoms with van der Waals surface area (Å²) in [5, 5.41) is 0. The Morgan fingerprint density at radius 1 is 1.43 bits per heavy atom. The van der Waals surface area contributed by atoms with Crippen molar-refractivity contribution in [3.05, 3.63) is 21.6 Å². The summed E-state index contributed by atoms with van der Waals surface area (Å²) < 4.78 is 6.77. The molecule has 0 amide bonds. The SMILES string of the molecule is Cc1oc(CCC2(N)CC2)c(C)c1Br. The lowest BCUT2D eigenvalue weighted by Crippen LogP contribution is -2.22. The molecule has 1 aromatic rings. The van der Waals surface area contributed by atoms with Crippen molar-refractivity contribution in [3.63, 3.8) is 0 Å². The van der Waals surface area contributed by atoms with Gasteiger partial charge in [0.1, 0.15) is 11.5 Å². The second-order valence-electron chi connectivity index (χ2n) is 4.38. The average Bonchev–Trinajstić information content (AvgIpc) is 2.83. The highest BCUT2D eigenvalue weighted by Crippen LogP contribution is 2.37. The van der Waals surface area contributed by atoms with Gasteiger partial charge in [0.25, 0.3) is 0 Å². The Morgan fingerprint density at radius 2 is 2.07 bits per heavy atom. The molecular weight excluding hydrogens is 242 g/mol. The fraction of sp³-hybridized carbons (Fsp3) is 0.636. The summed E-state index contributed by atoms with van der Waals surface area (Å²) in [7, 11) is 0. The molecule has 2 nitrogen and oxygen atoms in total. The molecule has 0 spiro atoms. The minimum absolute atomic E-state index is 0.125. The molecule has 0 atom stereocenters. The van der Waals surface area contributed by atoms with E-state index < -0.39 is 0 Å². The van der Waals surface area contributed by atoms with E-state index in [1.165, 1.54) is 18.4 Å². The van der Waals surface area contributed by atoms with Crippen molar-refractivity contribution < 1.29 is 4.42 Å². The Balaban J connectivity index is 2.05. The zero-order valence-corrected chi connectivity index (χ0v) is 10.3. The minimum atomic E-state index is 0.125. The normalized spacial score (nSPS) is 18.6. The van der Waals surface area contributed by atoms with Crippen molar-refractivity contribution in [2.45, 2.75) is 45.1 Å². The van der Waals surface area contributed by atoms with Crippen LogP contribution in [0.2, 0.25) is 0 Å². The van der Waals surface area contributed by atoms with Crippen LogP contribution >= 0.6 is 15.9 Å². The Kier molecular flexibility index (Phi) is 2.48. The van der Waals surface area contributed by atoms with E-state index in [1.54, 1.807) is 0 Å². The van der Waals surface area contributed by atoms with Gasteiger partial charge in [-0.05, 0) is 49.0 Å². The molecule has 1 heterocycles. The third-order valence-corrected chi connectivity index (χ3v) is 4.23. The van der Waals surface area contributed by atoms with Crippen LogP contribution in [0.3, 0.4) is 0 Å². The van der Waals surface area contributed by atoms with E-state index >= 15 is 0 Å². The van der Waals surface area contributed by atoms with Crippen LogP contribution < -0.4 is 5.73 Å². The largest absolute Gasteiger partial charge is 0.465 e. The summed E-state index contributed by atoms with van der Waals surface area (Å²) >= 11 is 3.51. The number of hydrogen-bond donors (Lipinski definition) is 1. The van der Waals surface area contributed by atoms with Gasteiger partial charge in [-0.2, -0.15) is 0 Å². The van der Waals surface area contributed by atoms with Crippen LogP contribution in [0, 0.1) is 13.8 Å². The van der Waals surface area contributed by atoms with Crippen LogP contribution in [-0.4, -0.2) is 5.54 Å². The lowest BCUT2D eigenvalue weighted by molar-refractivity contribution is 0.458. The predicted octanol–water partition coefficient (Wildman–Crippen LogP) is 3.08. The van der Waals surface area contributed by atoms with Gasteiger partial charge in [-0.15, -0.1) is 0 Å². The van der Waals surface area contributed by atoms with Crippen molar-refractivity contribution in [1.82, 2.24) is 0 Å². The first-order chi connectivity index (χ1) is 6.52. The van der Waals surface area contributed by atoms with Crippen LogP contribution in [-0.2, 0) is 6.42 Å². The summed E-state index contributed by atoms with van der Waals surface area (Å²) in [5.41, 5.74) is 7.39. The van der Waals surface area contributed by atoms with Crippen LogP contribution in [0.25, 0.3) is 0 Å². The van der Waals surface area contributed by atoms with Crippen LogP contribution in [0.5, 0.6) is 0 Å². The predicted molar refractivity (Wildman–Crippen MR) is 60.4 cm³/mol. The Labute approximate surface area is 93.0 Å². The molecule has 2 rings (SSSR count). The molecule has 0 aromatic carbocycles. The van der Waals surface area contributed by atoms with Crippen LogP contribution in [0.15, 0.2) is 8.89 Å². The van der Waals surface area contributed by atoms with Gasteiger partial charge in [-0.25, -0.2) is 0 Å². The van der Waals surface area contributed by atoms with Crippen LogP contribution in [0.4, 0.5) is 0 Å².